The molecule has 13 heavy (non-hydrogen) atoms. The van der Waals surface area contributed by atoms with Crippen LogP contribution in [0, 0.1) is 6.92 Å². The van der Waals surface area contributed by atoms with Crippen molar-refractivity contribution in [1.82, 2.24) is 4.98 Å². The maximum atomic E-state index is 10.6. The van der Waals surface area contributed by atoms with Gasteiger partial charge in [-0.1, -0.05) is 0 Å². The summed E-state index contributed by atoms with van der Waals surface area (Å²) >= 11 is 0. The second kappa shape index (κ2) is 3.30. The lowest BCUT2D eigenvalue weighted by Crippen LogP contribution is -2.06. The van der Waals surface area contributed by atoms with E-state index < -0.39 is 11.9 Å². The molecule has 0 aliphatic heterocycles. The predicted molar refractivity (Wildman–Crippen MR) is 43.8 cm³/mol. The molecular formula is C8H9NO4. The molecule has 0 amide bonds. The maximum Gasteiger partial charge on any atom is 0.352 e. The van der Waals surface area contributed by atoms with Crippen LogP contribution in [0.3, 0.4) is 0 Å². The normalized spacial score (nSPS) is 9.92. The molecule has 0 saturated heterocycles. The Balaban J connectivity index is 3.04. The molecule has 0 aliphatic rings. The monoisotopic (exact) mass is 183 g/mol. The summed E-state index contributed by atoms with van der Waals surface area (Å²) in [5.41, 5.74) is 0.908. The maximum absolute atomic E-state index is 10.6. The zero-order valence-electron chi connectivity index (χ0n) is 7.00. The topological polar surface area (TPSA) is 90.4 Å². The van der Waals surface area contributed by atoms with Crippen LogP contribution < -0.4 is 0 Å². The van der Waals surface area contributed by atoms with Gasteiger partial charge in [-0.3, -0.25) is 4.79 Å². The number of carboxylic acid groups (broad SMARTS) is 2. The summed E-state index contributed by atoms with van der Waals surface area (Å²) in [7, 11) is 0. The van der Waals surface area contributed by atoms with Crippen molar-refractivity contribution in [2.75, 3.05) is 0 Å². The first-order valence-electron chi connectivity index (χ1n) is 3.64. The molecule has 0 aliphatic carbocycles. The van der Waals surface area contributed by atoms with Crippen molar-refractivity contribution in [2.24, 2.45) is 0 Å². The number of hydrogen-bond donors (Lipinski definition) is 3. The van der Waals surface area contributed by atoms with E-state index >= 15 is 0 Å². The second-order valence-corrected chi connectivity index (χ2v) is 2.73. The SMILES string of the molecule is Cc1cc(CC(=O)O)c(C(=O)O)[nH]1. The van der Waals surface area contributed by atoms with Crippen LogP contribution in [0.25, 0.3) is 0 Å². The fourth-order valence-corrected chi connectivity index (χ4v) is 1.14. The summed E-state index contributed by atoms with van der Waals surface area (Å²) in [6, 6.07) is 1.53. The molecule has 5 heteroatoms. The molecule has 0 atom stereocenters. The van der Waals surface area contributed by atoms with Crippen LogP contribution in [0.5, 0.6) is 0 Å². The summed E-state index contributed by atoms with van der Waals surface area (Å²) in [5.74, 6) is -2.18. The van der Waals surface area contributed by atoms with Gasteiger partial charge in [0, 0.05) is 5.69 Å². The Bertz CT molecular complexity index is 353. The fourth-order valence-electron chi connectivity index (χ4n) is 1.14. The highest BCUT2D eigenvalue weighted by molar-refractivity contribution is 5.89. The number of H-pyrrole nitrogens is 1. The van der Waals surface area contributed by atoms with Crippen molar-refractivity contribution in [2.45, 2.75) is 13.3 Å². The van der Waals surface area contributed by atoms with Crippen LogP contribution >= 0.6 is 0 Å². The van der Waals surface area contributed by atoms with Gasteiger partial charge in [0.2, 0.25) is 0 Å². The molecule has 0 spiro atoms. The van der Waals surface area contributed by atoms with E-state index in [-0.39, 0.29) is 12.1 Å². The number of hydrogen-bond acceptors (Lipinski definition) is 2. The van der Waals surface area contributed by atoms with Gasteiger partial charge in [0.25, 0.3) is 0 Å². The number of carbonyl (C=O) groups is 2. The molecule has 0 aromatic carbocycles. The standard InChI is InChI=1S/C8H9NO4/c1-4-2-5(3-6(10)11)7(9-4)8(12)13/h2,9H,3H2,1H3,(H,10,11)(H,12,13). The number of aromatic nitrogens is 1. The van der Waals surface area contributed by atoms with Crippen molar-refractivity contribution in [3.05, 3.63) is 23.0 Å². The Morgan fingerprint density at radius 1 is 1.46 bits per heavy atom. The van der Waals surface area contributed by atoms with Gasteiger partial charge >= 0.3 is 11.9 Å². The van der Waals surface area contributed by atoms with Gasteiger partial charge in [0.1, 0.15) is 5.69 Å². The number of nitrogens with one attached hydrogen (secondary N) is 1. The summed E-state index contributed by atoms with van der Waals surface area (Å²) in [4.78, 5) is 23.5. The molecule has 3 N–H and O–H groups in total. The Hall–Kier alpha value is -1.78. The smallest absolute Gasteiger partial charge is 0.352 e. The third kappa shape index (κ3) is 2.08. The third-order valence-corrected chi connectivity index (χ3v) is 1.59. The number of aryl methyl sites for hydroxylation is 1. The van der Waals surface area contributed by atoms with Crippen molar-refractivity contribution < 1.29 is 19.8 Å². The fraction of sp³-hybridized carbons (Fsp3) is 0.250. The molecule has 0 fully saturated rings. The van der Waals surface area contributed by atoms with Gasteiger partial charge < -0.3 is 15.2 Å². The molecule has 0 unspecified atom stereocenters. The average molecular weight is 183 g/mol. The lowest BCUT2D eigenvalue weighted by atomic mass is 10.2. The molecular weight excluding hydrogens is 174 g/mol. The largest absolute Gasteiger partial charge is 0.481 e. The molecule has 1 aromatic rings. The zero-order valence-corrected chi connectivity index (χ0v) is 7.00. The lowest BCUT2D eigenvalue weighted by molar-refractivity contribution is -0.136. The molecule has 1 heterocycles. The summed E-state index contributed by atoms with van der Waals surface area (Å²) in [5, 5.41) is 17.1. The Morgan fingerprint density at radius 2 is 2.08 bits per heavy atom. The van der Waals surface area contributed by atoms with E-state index in [0.29, 0.717) is 11.3 Å². The highest BCUT2D eigenvalue weighted by atomic mass is 16.4. The number of carboxylic acids is 2. The van der Waals surface area contributed by atoms with Crippen molar-refractivity contribution in [3.63, 3.8) is 0 Å². The minimum atomic E-state index is -1.13. The van der Waals surface area contributed by atoms with E-state index in [1.165, 1.54) is 6.07 Å². The molecule has 0 bridgehead atoms. The van der Waals surface area contributed by atoms with Gasteiger partial charge in [0.05, 0.1) is 6.42 Å². The van der Waals surface area contributed by atoms with Gasteiger partial charge in [0.15, 0.2) is 0 Å². The Morgan fingerprint density at radius 3 is 2.54 bits per heavy atom. The summed E-state index contributed by atoms with van der Waals surface area (Å²) in [6.07, 6.45) is -0.272. The molecule has 0 radical (unpaired) electrons. The van der Waals surface area contributed by atoms with Crippen LogP contribution in [-0.4, -0.2) is 27.1 Å². The number of aliphatic carboxylic acids is 1. The summed E-state index contributed by atoms with van der Waals surface area (Å²) in [6.45, 7) is 1.68. The second-order valence-electron chi connectivity index (χ2n) is 2.73. The van der Waals surface area contributed by atoms with Crippen molar-refractivity contribution in [3.8, 4) is 0 Å². The molecule has 5 nitrogen and oxygen atoms in total. The van der Waals surface area contributed by atoms with E-state index in [1.54, 1.807) is 6.92 Å². The van der Waals surface area contributed by atoms with Crippen molar-refractivity contribution in [1.29, 1.82) is 0 Å². The van der Waals surface area contributed by atoms with Crippen LogP contribution in [-0.2, 0) is 11.2 Å². The molecule has 1 rings (SSSR count). The first-order valence-corrected chi connectivity index (χ1v) is 3.64. The molecule has 0 saturated carbocycles. The van der Waals surface area contributed by atoms with Crippen LogP contribution in [0.15, 0.2) is 6.07 Å². The van der Waals surface area contributed by atoms with E-state index in [9.17, 15) is 9.59 Å². The van der Waals surface area contributed by atoms with Crippen LogP contribution in [0.4, 0.5) is 0 Å². The molecule has 1 aromatic heterocycles. The predicted octanol–water partition coefficient (Wildman–Crippen LogP) is 0.648. The van der Waals surface area contributed by atoms with Gasteiger partial charge in [-0.05, 0) is 18.6 Å². The van der Waals surface area contributed by atoms with E-state index in [1.807, 2.05) is 0 Å². The van der Waals surface area contributed by atoms with E-state index in [0.717, 1.165) is 0 Å². The number of aromatic carboxylic acids is 1. The highest BCUT2D eigenvalue weighted by Crippen LogP contribution is 2.11. The Kier molecular flexibility index (Phi) is 2.36. The first kappa shape index (κ1) is 9.31. The highest BCUT2D eigenvalue weighted by Gasteiger charge is 2.14. The number of rotatable bonds is 3. The van der Waals surface area contributed by atoms with Gasteiger partial charge in [-0.25, -0.2) is 4.79 Å². The average Bonchev–Trinajstić information content (AvgIpc) is 2.29. The van der Waals surface area contributed by atoms with E-state index in [2.05, 4.69) is 4.98 Å². The molecule has 70 valence electrons. The zero-order chi connectivity index (χ0) is 10.0. The van der Waals surface area contributed by atoms with Crippen LogP contribution in [0.2, 0.25) is 0 Å². The third-order valence-electron chi connectivity index (χ3n) is 1.59. The first-order chi connectivity index (χ1) is 6.00. The van der Waals surface area contributed by atoms with Crippen LogP contribution in [0.1, 0.15) is 21.7 Å². The lowest BCUT2D eigenvalue weighted by Gasteiger charge is -1.94. The number of aromatic amines is 1. The van der Waals surface area contributed by atoms with Crippen molar-refractivity contribution >= 4 is 11.9 Å². The minimum Gasteiger partial charge on any atom is -0.481 e. The Labute approximate surface area is 74.0 Å². The van der Waals surface area contributed by atoms with Gasteiger partial charge in [-0.15, -0.1) is 0 Å². The summed E-state index contributed by atoms with van der Waals surface area (Å²) < 4.78 is 0. The quantitative estimate of drug-likeness (QED) is 0.641. The minimum absolute atomic E-state index is 0.0418. The van der Waals surface area contributed by atoms with E-state index in [4.69, 9.17) is 10.2 Å². The van der Waals surface area contributed by atoms with Gasteiger partial charge in [-0.2, -0.15) is 0 Å².